The van der Waals surface area contributed by atoms with Gasteiger partial charge in [-0.3, -0.25) is 9.78 Å². The number of nitrogens with one attached hydrogen (secondary N) is 1. The molecule has 4 heteroatoms. The SMILES string of the molecule is Cc1c(CNC(=O)c2cccc3cccnc23)oc2ccccc12. The molecule has 0 fully saturated rings. The van der Waals surface area contributed by atoms with Crippen LogP contribution in [0.4, 0.5) is 0 Å². The first kappa shape index (κ1) is 14.5. The molecule has 0 spiro atoms. The molecule has 0 aliphatic heterocycles. The number of rotatable bonds is 3. The Hall–Kier alpha value is -3.14. The zero-order valence-electron chi connectivity index (χ0n) is 13.2. The van der Waals surface area contributed by atoms with Gasteiger partial charge in [-0.15, -0.1) is 0 Å². The van der Waals surface area contributed by atoms with Gasteiger partial charge in [0.1, 0.15) is 11.3 Å². The van der Waals surface area contributed by atoms with Gasteiger partial charge in [-0.25, -0.2) is 0 Å². The molecule has 0 radical (unpaired) electrons. The Morgan fingerprint density at radius 1 is 1.08 bits per heavy atom. The molecule has 0 aliphatic rings. The Morgan fingerprint density at radius 3 is 2.79 bits per heavy atom. The van der Waals surface area contributed by atoms with E-state index in [1.165, 1.54) is 0 Å². The number of benzene rings is 2. The summed E-state index contributed by atoms with van der Waals surface area (Å²) in [5.74, 6) is 0.622. The zero-order valence-corrected chi connectivity index (χ0v) is 13.2. The second kappa shape index (κ2) is 5.81. The average molecular weight is 316 g/mol. The lowest BCUT2D eigenvalue weighted by atomic mass is 10.1. The standard InChI is InChI=1S/C20H16N2O2/c1-13-15-8-2-3-10-17(15)24-18(13)12-22-20(23)16-9-4-6-14-7-5-11-21-19(14)16/h2-11H,12H2,1H3,(H,22,23). The predicted octanol–water partition coefficient (Wildman–Crippen LogP) is 4.22. The summed E-state index contributed by atoms with van der Waals surface area (Å²) in [6, 6.07) is 17.3. The number of carbonyl (C=O) groups is 1. The van der Waals surface area contributed by atoms with Crippen LogP contribution in [0.3, 0.4) is 0 Å². The van der Waals surface area contributed by atoms with Gasteiger partial charge < -0.3 is 9.73 Å². The van der Waals surface area contributed by atoms with E-state index in [9.17, 15) is 4.79 Å². The third-order valence-corrected chi connectivity index (χ3v) is 4.23. The molecule has 4 nitrogen and oxygen atoms in total. The van der Waals surface area contributed by atoms with Crippen molar-refractivity contribution >= 4 is 27.8 Å². The predicted molar refractivity (Wildman–Crippen MR) is 93.9 cm³/mol. The Balaban J connectivity index is 1.60. The van der Waals surface area contributed by atoms with Crippen molar-refractivity contribution in [1.82, 2.24) is 10.3 Å². The molecule has 0 atom stereocenters. The molecule has 0 unspecified atom stereocenters. The second-order valence-corrected chi connectivity index (χ2v) is 5.71. The first-order valence-electron chi connectivity index (χ1n) is 7.83. The number of amides is 1. The number of furan rings is 1. The quantitative estimate of drug-likeness (QED) is 0.615. The van der Waals surface area contributed by atoms with E-state index in [-0.39, 0.29) is 5.91 Å². The molecule has 0 bridgehead atoms. The van der Waals surface area contributed by atoms with Crippen LogP contribution in [-0.4, -0.2) is 10.9 Å². The van der Waals surface area contributed by atoms with Crippen molar-refractivity contribution in [2.45, 2.75) is 13.5 Å². The lowest BCUT2D eigenvalue weighted by molar-refractivity contribution is 0.0949. The molecule has 24 heavy (non-hydrogen) atoms. The van der Waals surface area contributed by atoms with Crippen molar-refractivity contribution in [3.63, 3.8) is 0 Å². The molecule has 1 N–H and O–H groups in total. The van der Waals surface area contributed by atoms with E-state index in [4.69, 9.17) is 4.42 Å². The number of pyridine rings is 1. The van der Waals surface area contributed by atoms with E-state index < -0.39 is 0 Å². The van der Waals surface area contributed by atoms with E-state index in [1.807, 2.05) is 55.5 Å². The molecule has 0 aliphatic carbocycles. The third-order valence-electron chi connectivity index (χ3n) is 4.23. The van der Waals surface area contributed by atoms with Crippen LogP contribution in [0.25, 0.3) is 21.9 Å². The summed E-state index contributed by atoms with van der Waals surface area (Å²) < 4.78 is 5.84. The van der Waals surface area contributed by atoms with Crippen LogP contribution in [0.15, 0.2) is 65.2 Å². The fourth-order valence-electron chi connectivity index (χ4n) is 2.94. The minimum absolute atomic E-state index is 0.154. The Morgan fingerprint density at radius 2 is 1.92 bits per heavy atom. The van der Waals surface area contributed by atoms with Crippen LogP contribution in [0, 0.1) is 6.92 Å². The molecule has 2 aromatic carbocycles. The summed E-state index contributed by atoms with van der Waals surface area (Å²) in [4.78, 5) is 16.9. The van der Waals surface area contributed by atoms with Crippen LogP contribution in [0.2, 0.25) is 0 Å². The lowest BCUT2D eigenvalue weighted by Gasteiger charge is -2.06. The molecule has 2 heterocycles. The van der Waals surface area contributed by atoms with Crippen LogP contribution >= 0.6 is 0 Å². The van der Waals surface area contributed by atoms with Gasteiger partial charge in [0.2, 0.25) is 0 Å². The van der Waals surface area contributed by atoms with E-state index in [0.29, 0.717) is 17.6 Å². The van der Waals surface area contributed by atoms with Crippen LogP contribution in [0.1, 0.15) is 21.7 Å². The van der Waals surface area contributed by atoms with Gasteiger partial charge in [0.15, 0.2) is 0 Å². The van der Waals surface area contributed by atoms with Crippen molar-refractivity contribution < 1.29 is 9.21 Å². The smallest absolute Gasteiger partial charge is 0.253 e. The highest BCUT2D eigenvalue weighted by Crippen LogP contribution is 2.25. The maximum atomic E-state index is 12.6. The number of para-hydroxylation sites is 2. The van der Waals surface area contributed by atoms with Crippen LogP contribution in [-0.2, 0) is 6.54 Å². The van der Waals surface area contributed by atoms with Gasteiger partial charge in [0.25, 0.3) is 5.91 Å². The largest absolute Gasteiger partial charge is 0.459 e. The van der Waals surface area contributed by atoms with Crippen molar-refractivity contribution in [2.24, 2.45) is 0 Å². The molecule has 4 rings (SSSR count). The lowest BCUT2D eigenvalue weighted by Crippen LogP contribution is -2.23. The highest BCUT2D eigenvalue weighted by atomic mass is 16.3. The van der Waals surface area contributed by atoms with Gasteiger partial charge in [-0.2, -0.15) is 0 Å². The minimum Gasteiger partial charge on any atom is -0.459 e. The number of nitrogens with zero attached hydrogens (tertiary/aromatic N) is 1. The summed E-state index contributed by atoms with van der Waals surface area (Å²) in [6.45, 7) is 2.36. The first-order valence-corrected chi connectivity index (χ1v) is 7.83. The van der Waals surface area contributed by atoms with Crippen molar-refractivity contribution in [3.05, 3.63) is 77.7 Å². The normalized spacial score (nSPS) is 11.0. The molecular formula is C20H16N2O2. The molecule has 1 amide bonds. The Labute approximate surface area is 139 Å². The number of hydrogen-bond donors (Lipinski definition) is 1. The van der Waals surface area contributed by atoms with Gasteiger partial charge in [-0.05, 0) is 25.1 Å². The Bertz CT molecular complexity index is 1040. The van der Waals surface area contributed by atoms with Crippen LogP contribution in [0.5, 0.6) is 0 Å². The van der Waals surface area contributed by atoms with Crippen LogP contribution < -0.4 is 5.32 Å². The fraction of sp³-hybridized carbons (Fsp3) is 0.100. The topological polar surface area (TPSA) is 55.1 Å². The third kappa shape index (κ3) is 2.42. The number of aromatic nitrogens is 1. The second-order valence-electron chi connectivity index (χ2n) is 5.71. The maximum absolute atomic E-state index is 12.6. The molecule has 0 saturated heterocycles. The zero-order chi connectivity index (χ0) is 16.5. The monoisotopic (exact) mass is 316 g/mol. The summed E-state index contributed by atoms with van der Waals surface area (Å²) >= 11 is 0. The van der Waals surface area contributed by atoms with Crippen molar-refractivity contribution in [3.8, 4) is 0 Å². The van der Waals surface area contributed by atoms with E-state index in [2.05, 4.69) is 10.3 Å². The summed E-state index contributed by atoms with van der Waals surface area (Å²) in [7, 11) is 0. The number of carbonyl (C=O) groups excluding carboxylic acids is 1. The van der Waals surface area contributed by atoms with Gasteiger partial charge >= 0.3 is 0 Å². The van der Waals surface area contributed by atoms with E-state index in [0.717, 1.165) is 27.7 Å². The van der Waals surface area contributed by atoms with Crippen molar-refractivity contribution in [2.75, 3.05) is 0 Å². The Kier molecular flexibility index (Phi) is 3.50. The van der Waals surface area contributed by atoms with Gasteiger partial charge in [-0.1, -0.05) is 36.4 Å². The van der Waals surface area contributed by atoms with Crippen molar-refractivity contribution in [1.29, 1.82) is 0 Å². The molecule has 0 saturated carbocycles. The number of aryl methyl sites for hydroxylation is 1. The molecular weight excluding hydrogens is 300 g/mol. The minimum atomic E-state index is -0.154. The summed E-state index contributed by atoms with van der Waals surface area (Å²) in [5.41, 5.74) is 3.17. The van der Waals surface area contributed by atoms with E-state index in [1.54, 1.807) is 12.3 Å². The highest BCUT2D eigenvalue weighted by Gasteiger charge is 2.14. The first-order chi connectivity index (χ1) is 11.7. The van der Waals surface area contributed by atoms with E-state index >= 15 is 0 Å². The summed E-state index contributed by atoms with van der Waals surface area (Å²) in [5, 5.41) is 4.96. The fourth-order valence-corrected chi connectivity index (χ4v) is 2.94. The molecule has 2 aromatic heterocycles. The average Bonchev–Trinajstić information content (AvgIpc) is 2.95. The molecule has 118 valence electrons. The maximum Gasteiger partial charge on any atom is 0.253 e. The summed E-state index contributed by atoms with van der Waals surface area (Å²) in [6.07, 6.45) is 1.70. The van der Waals surface area contributed by atoms with Gasteiger partial charge in [0, 0.05) is 22.5 Å². The number of hydrogen-bond acceptors (Lipinski definition) is 3. The van der Waals surface area contributed by atoms with Gasteiger partial charge in [0.05, 0.1) is 17.6 Å². The molecule has 4 aromatic rings. The highest BCUT2D eigenvalue weighted by molar-refractivity contribution is 6.05. The number of fused-ring (bicyclic) bond motifs is 2.